The maximum Gasteiger partial charge on any atom is 0.313 e. The first-order valence-corrected chi connectivity index (χ1v) is 5.21. The van der Waals surface area contributed by atoms with Crippen molar-refractivity contribution in [2.24, 2.45) is 5.92 Å². The van der Waals surface area contributed by atoms with Gasteiger partial charge in [0.15, 0.2) is 0 Å². The van der Waals surface area contributed by atoms with Gasteiger partial charge in [0.1, 0.15) is 11.7 Å². The van der Waals surface area contributed by atoms with Gasteiger partial charge < -0.3 is 9.84 Å². The van der Waals surface area contributed by atoms with Crippen LogP contribution in [0.4, 0.5) is 0 Å². The number of hydrogen-bond acceptors (Lipinski definition) is 3. The fraction of sp³-hybridized carbons (Fsp3) is 0.500. The van der Waals surface area contributed by atoms with Gasteiger partial charge in [-0.3, -0.25) is 9.78 Å². The van der Waals surface area contributed by atoms with E-state index in [9.17, 15) is 9.90 Å². The van der Waals surface area contributed by atoms with Gasteiger partial charge in [-0.2, -0.15) is 0 Å². The number of methoxy groups -OCH3 is 1. The Morgan fingerprint density at radius 3 is 2.50 bits per heavy atom. The van der Waals surface area contributed by atoms with Crippen LogP contribution in [0.15, 0.2) is 12.1 Å². The van der Waals surface area contributed by atoms with E-state index in [0.29, 0.717) is 11.4 Å². The van der Waals surface area contributed by atoms with Gasteiger partial charge >= 0.3 is 5.97 Å². The molecule has 1 aromatic heterocycles. The van der Waals surface area contributed by atoms with E-state index in [0.717, 1.165) is 5.69 Å². The molecule has 0 radical (unpaired) electrons. The fourth-order valence-corrected chi connectivity index (χ4v) is 1.68. The average Bonchev–Trinajstić information content (AvgIpc) is 2.17. The van der Waals surface area contributed by atoms with E-state index in [1.54, 1.807) is 6.07 Å². The van der Waals surface area contributed by atoms with E-state index in [1.165, 1.54) is 7.11 Å². The van der Waals surface area contributed by atoms with Crippen molar-refractivity contribution in [3.63, 3.8) is 0 Å². The molecule has 1 rings (SSSR count). The molecule has 1 aromatic rings. The number of carboxylic acid groups (broad SMARTS) is 1. The van der Waals surface area contributed by atoms with E-state index in [1.807, 2.05) is 26.8 Å². The molecule has 0 saturated heterocycles. The second-order valence-corrected chi connectivity index (χ2v) is 4.10. The first-order valence-electron chi connectivity index (χ1n) is 5.21. The summed E-state index contributed by atoms with van der Waals surface area (Å²) in [6.07, 6.45) is 0. The third-order valence-corrected chi connectivity index (χ3v) is 2.47. The van der Waals surface area contributed by atoms with Crippen LogP contribution >= 0.6 is 0 Å². The normalized spacial score (nSPS) is 12.6. The SMILES string of the molecule is COc1ccc(C)nc1C(C(=O)O)C(C)C. The molecule has 1 atom stereocenters. The van der Waals surface area contributed by atoms with Crippen molar-refractivity contribution in [3.8, 4) is 5.75 Å². The highest BCUT2D eigenvalue weighted by molar-refractivity contribution is 5.76. The molecular weight excluding hydrogens is 206 g/mol. The smallest absolute Gasteiger partial charge is 0.313 e. The molecule has 0 aliphatic rings. The van der Waals surface area contributed by atoms with Crippen LogP contribution in [0.25, 0.3) is 0 Å². The molecule has 0 bridgehead atoms. The van der Waals surface area contributed by atoms with Crippen molar-refractivity contribution < 1.29 is 14.6 Å². The molecule has 0 amide bonds. The second kappa shape index (κ2) is 4.96. The zero-order chi connectivity index (χ0) is 12.3. The van der Waals surface area contributed by atoms with Crippen LogP contribution < -0.4 is 4.74 Å². The Hall–Kier alpha value is -1.58. The Labute approximate surface area is 95.3 Å². The number of hydrogen-bond donors (Lipinski definition) is 1. The molecule has 4 heteroatoms. The molecule has 1 heterocycles. The number of aryl methyl sites for hydroxylation is 1. The van der Waals surface area contributed by atoms with Crippen molar-refractivity contribution >= 4 is 5.97 Å². The molecule has 1 unspecified atom stereocenters. The van der Waals surface area contributed by atoms with E-state index in [4.69, 9.17) is 4.74 Å². The van der Waals surface area contributed by atoms with Crippen molar-refractivity contribution in [2.75, 3.05) is 7.11 Å². The van der Waals surface area contributed by atoms with Crippen molar-refractivity contribution in [3.05, 3.63) is 23.5 Å². The third-order valence-electron chi connectivity index (χ3n) is 2.47. The number of nitrogens with zero attached hydrogens (tertiary/aromatic N) is 1. The van der Waals surface area contributed by atoms with Crippen LogP contribution in [0.1, 0.15) is 31.2 Å². The molecule has 16 heavy (non-hydrogen) atoms. The molecular formula is C12H17NO3. The van der Waals surface area contributed by atoms with Gasteiger partial charge in [0.2, 0.25) is 0 Å². The van der Waals surface area contributed by atoms with E-state index in [2.05, 4.69) is 4.98 Å². The van der Waals surface area contributed by atoms with Crippen LogP contribution in [-0.4, -0.2) is 23.2 Å². The Balaban J connectivity index is 3.26. The van der Waals surface area contributed by atoms with Gasteiger partial charge in [-0.05, 0) is 25.0 Å². The van der Waals surface area contributed by atoms with E-state index < -0.39 is 11.9 Å². The molecule has 88 valence electrons. The summed E-state index contributed by atoms with van der Waals surface area (Å²) in [4.78, 5) is 15.5. The predicted octanol–water partition coefficient (Wildman–Crippen LogP) is 2.22. The molecule has 0 aliphatic carbocycles. The summed E-state index contributed by atoms with van der Waals surface area (Å²) in [7, 11) is 1.52. The monoisotopic (exact) mass is 223 g/mol. The molecule has 0 spiro atoms. The minimum atomic E-state index is -0.869. The van der Waals surface area contributed by atoms with Crippen LogP contribution in [-0.2, 0) is 4.79 Å². The van der Waals surface area contributed by atoms with Gasteiger partial charge in [-0.1, -0.05) is 13.8 Å². The quantitative estimate of drug-likeness (QED) is 0.850. The molecule has 0 aromatic carbocycles. The average molecular weight is 223 g/mol. The first-order chi connectivity index (χ1) is 7.47. The highest BCUT2D eigenvalue weighted by atomic mass is 16.5. The summed E-state index contributed by atoms with van der Waals surface area (Å²) in [6.45, 7) is 5.56. The molecule has 4 nitrogen and oxygen atoms in total. The van der Waals surface area contributed by atoms with Gasteiger partial charge in [-0.15, -0.1) is 0 Å². The Morgan fingerprint density at radius 1 is 1.44 bits per heavy atom. The predicted molar refractivity (Wildman–Crippen MR) is 60.7 cm³/mol. The minimum Gasteiger partial charge on any atom is -0.495 e. The van der Waals surface area contributed by atoms with E-state index in [-0.39, 0.29) is 5.92 Å². The molecule has 0 aliphatic heterocycles. The summed E-state index contributed by atoms with van der Waals surface area (Å²) in [6, 6.07) is 3.57. The number of pyridine rings is 1. The van der Waals surface area contributed by atoms with Crippen LogP contribution in [0, 0.1) is 12.8 Å². The minimum absolute atomic E-state index is 0.0271. The number of ether oxygens (including phenoxy) is 1. The van der Waals surface area contributed by atoms with Crippen molar-refractivity contribution in [1.82, 2.24) is 4.98 Å². The summed E-state index contributed by atoms with van der Waals surface area (Å²) >= 11 is 0. The van der Waals surface area contributed by atoms with E-state index >= 15 is 0 Å². The Bertz CT molecular complexity index is 388. The van der Waals surface area contributed by atoms with Crippen molar-refractivity contribution in [2.45, 2.75) is 26.7 Å². The number of aliphatic carboxylic acids is 1. The maximum absolute atomic E-state index is 11.2. The second-order valence-electron chi connectivity index (χ2n) is 4.10. The number of rotatable bonds is 4. The van der Waals surface area contributed by atoms with Crippen LogP contribution in [0.3, 0.4) is 0 Å². The number of carboxylic acids is 1. The number of aromatic nitrogens is 1. The van der Waals surface area contributed by atoms with Crippen molar-refractivity contribution in [1.29, 1.82) is 0 Å². The Morgan fingerprint density at radius 2 is 2.06 bits per heavy atom. The molecule has 1 N–H and O–H groups in total. The highest BCUT2D eigenvalue weighted by Crippen LogP contribution is 2.30. The lowest BCUT2D eigenvalue weighted by Gasteiger charge is -2.18. The standard InChI is InChI=1S/C12H17NO3/c1-7(2)10(12(14)15)11-9(16-4)6-5-8(3)13-11/h5-7,10H,1-4H3,(H,14,15). The maximum atomic E-state index is 11.2. The highest BCUT2D eigenvalue weighted by Gasteiger charge is 2.28. The van der Waals surface area contributed by atoms with Gasteiger partial charge in [0, 0.05) is 5.69 Å². The summed E-state index contributed by atoms with van der Waals surface area (Å²) < 4.78 is 5.16. The molecule has 0 fully saturated rings. The lowest BCUT2D eigenvalue weighted by Crippen LogP contribution is -2.20. The Kier molecular flexibility index (Phi) is 3.88. The van der Waals surface area contributed by atoms with Gasteiger partial charge in [0.05, 0.1) is 12.8 Å². The topological polar surface area (TPSA) is 59.4 Å². The number of carbonyl (C=O) groups is 1. The summed E-state index contributed by atoms with van der Waals surface area (Å²) in [5.74, 6) is -0.992. The first kappa shape index (κ1) is 12.5. The van der Waals surface area contributed by atoms with Crippen LogP contribution in [0.5, 0.6) is 5.75 Å². The zero-order valence-corrected chi connectivity index (χ0v) is 10.0. The van der Waals surface area contributed by atoms with Gasteiger partial charge in [0.25, 0.3) is 0 Å². The summed E-state index contributed by atoms with van der Waals surface area (Å²) in [5.41, 5.74) is 1.30. The lowest BCUT2D eigenvalue weighted by atomic mass is 9.91. The summed E-state index contributed by atoms with van der Waals surface area (Å²) in [5, 5.41) is 9.21. The van der Waals surface area contributed by atoms with Crippen LogP contribution in [0.2, 0.25) is 0 Å². The third kappa shape index (κ3) is 2.51. The largest absolute Gasteiger partial charge is 0.495 e. The zero-order valence-electron chi connectivity index (χ0n) is 10.0. The molecule has 0 saturated carbocycles. The fourth-order valence-electron chi connectivity index (χ4n) is 1.68. The van der Waals surface area contributed by atoms with Gasteiger partial charge in [-0.25, -0.2) is 0 Å². The lowest BCUT2D eigenvalue weighted by molar-refractivity contribution is -0.140.